The fourth-order valence-electron chi connectivity index (χ4n) is 2.83. The molecule has 1 aliphatic rings. The first-order valence-electron chi connectivity index (χ1n) is 7.98. The topological polar surface area (TPSA) is 54.7 Å². The van der Waals surface area contributed by atoms with Crippen LogP contribution in [0.1, 0.15) is 29.0 Å². The first-order chi connectivity index (χ1) is 11.3. The number of nitrogens with one attached hydrogen (secondary N) is 1. The van der Waals surface area contributed by atoms with E-state index in [1.165, 1.54) is 0 Å². The van der Waals surface area contributed by atoms with E-state index >= 15 is 0 Å². The Hall–Kier alpha value is -2.27. The van der Waals surface area contributed by atoms with E-state index in [-0.39, 0.29) is 5.91 Å². The molecule has 2 aromatic rings. The standard InChI is InChI=1S/C18H22N2O3/c1-19-15-7-10-20(11-8-15)18(21)17-14(9-12-22-17)13-23-16-5-3-2-4-6-16/h2-6,9,12,15,19H,7-8,10-11,13H2,1H3. The highest BCUT2D eigenvalue weighted by Gasteiger charge is 2.26. The molecule has 1 aromatic heterocycles. The highest BCUT2D eigenvalue weighted by atomic mass is 16.5. The normalized spacial score (nSPS) is 15.6. The summed E-state index contributed by atoms with van der Waals surface area (Å²) in [5.74, 6) is 1.13. The van der Waals surface area contributed by atoms with Gasteiger partial charge in [0.25, 0.3) is 5.91 Å². The Balaban J connectivity index is 1.62. The van der Waals surface area contributed by atoms with Crippen molar-refractivity contribution < 1.29 is 13.9 Å². The van der Waals surface area contributed by atoms with Gasteiger partial charge in [-0.2, -0.15) is 0 Å². The summed E-state index contributed by atoms with van der Waals surface area (Å²) < 4.78 is 11.2. The number of hydrogen-bond acceptors (Lipinski definition) is 4. The number of ether oxygens (including phenoxy) is 1. The Kier molecular flexibility index (Phi) is 4.98. The zero-order valence-electron chi connectivity index (χ0n) is 13.3. The van der Waals surface area contributed by atoms with Crippen molar-refractivity contribution in [3.63, 3.8) is 0 Å². The van der Waals surface area contributed by atoms with Gasteiger partial charge in [0.2, 0.25) is 0 Å². The van der Waals surface area contributed by atoms with Gasteiger partial charge in [0.1, 0.15) is 12.4 Å². The van der Waals surface area contributed by atoms with Crippen LogP contribution >= 0.6 is 0 Å². The van der Waals surface area contributed by atoms with Crippen LogP contribution in [0.2, 0.25) is 0 Å². The maximum atomic E-state index is 12.6. The van der Waals surface area contributed by atoms with Gasteiger partial charge in [0, 0.05) is 24.7 Å². The predicted molar refractivity (Wildman–Crippen MR) is 87.5 cm³/mol. The Morgan fingerprint density at radius 3 is 2.70 bits per heavy atom. The molecule has 1 N–H and O–H groups in total. The summed E-state index contributed by atoms with van der Waals surface area (Å²) in [6, 6.07) is 11.9. The van der Waals surface area contributed by atoms with Gasteiger partial charge in [-0.3, -0.25) is 4.79 Å². The van der Waals surface area contributed by atoms with Gasteiger partial charge in [0.05, 0.1) is 6.26 Å². The highest BCUT2D eigenvalue weighted by molar-refractivity contribution is 5.93. The molecule has 0 spiro atoms. The molecule has 5 nitrogen and oxygen atoms in total. The molecule has 1 fully saturated rings. The number of carbonyl (C=O) groups is 1. The lowest BCUT2D eigenvalue weighted by molar-refractivity contribution is 0.0671. The largest absolute Gasteiger partial charge is 0.489 e. The van der Waals surface area contributed by atoms with Crippen molar-refractivity contribution >= 4 is 5.91 Å². The van der Waals surface area contributed by atoms with Crippen molar-refractivity contribution in [2.75, 3.05) is 20.1 Å². The SMILES string of the molecule is CNC1CCN(C(=O)c2occc2COc2ccccc2)CC1. The van der Waals surface area contributed by atoms with Gasteiger partial charge in [-0.15, -0.1) is 0 Å². The first kappa shape index (κ1) is 15.6. The van der Waals surface area contributed by atoms with Crippen LogP contribution in [0.5, 0.6) is 5.75 Å². The number of rotatable bonds is 5. The number of piperidine rings is 1. The summed E-state index contributed by atoms with van der Waals surface area (Å²) in [7, 11) is 1.97. The van der Waals surface area contributed by atoms with Gasteiger partial charge in [0.15, 0.2) is 5.76 Å². The van der Waals surface area contributed by atoms with Crippen LogP contribution in [0.15, 0.2) is 47.1 Å². The van der Waals surface area contributed by atoms with Gasteiger partial charge in [-0.05, 0) is 38.1 Å². The van der Waals surface area contributed by atoms with E-state index in [0.717, 1.165) is 37.2 Å². The molecular formula is C18H22N2O3. The van der Waals surface area contributed by atoms with Crippen LogP contribution in [-0.4, -0.2) is 37.0 Å². The van der Waals surface area contributed by atoms with Crippen LogP contribution in [0.3, 0.4) is 0 Å². The highest BCUT2D eigenvalue weighted by Crippen LogP contribution is 2.19. The molecule has 0 saturated carbocycles. The van der Waals surface area contributed by atoms with Crippen molar-refractivity contribution in [3.05, 3.63) is 54.0 Å². The molecule has 0 unspecified atom stereocenters. The lowest BCUT2D eigenvalue weighted by Gasteiger charge is -2.31. The van der Waals surface area contributed by atoms with E-state index in [2.05, 4.69) is 5.32 Å². The maximum Gasteiger partial charge on any atom is 0.289 e. The summed E-state index contributed by atoms with van der Waals surface area (Å²) in [6.07, 6.45) is 3.49. The van der Waals surface area contributed by atoms with Crippen molar-refractivity contribution in [1.82, 2.24) is 10.2 Å². The maximum absolute atomic E-state index is 12.6. The Bertz CT molecular complexity index is 631. The zero-order valence-corrected chi connectivity index (χ0v) is 13.3. The van der Waals surface area contributed by atoms with Gasteiger partial charge in [-0.1, -0.05) is 18.2 Å². The molecule has 5 heteroatoms. The number of amides is 1. The summed E-state index contributed by atoms with van der Waals surface area (Å²) in [5, 5.41) is 3.27. The number of carbonyl (C=O) groups excluding carboxylic acids is 1. The molecule has 0 radical (unpaired) electrons. The molecule has 0 bridgehead atoms. The minimum absolute atomic E-state index is 0.0452. The number of likely N-dealkylation sites (tertiary alicyclic amines) is 1. The van der Waals surface area contributed by atoms with Gasteiger partial charge >= 0.3 is 0 Å². The summed E-state index contributed by atoms with van der Waals surface area (Å²) in [4.78, 5) is 14.5. The molecule has 1 amide bonds. The Labute approximate surface area is 136 Å². The molecule has 1 aliphatic heterocycles. The predicted octanol–water partition coefficient (Wildman–Crippen LogP) is 2.68. The second kappa shape index (κ2) is 7.33. The quantitative estimate of drug-likeness (QED) is 0.922. The minimum atomic E-state index is -0.0452. The van der Waals surface area contributed by atoms with Gasteiger partial charge < -0.3 is 19.4 Å². The molecule has 23 heavy (non-hydrogen) atoms. The molecular weight excluding hydrogens is 292 g/mol. The van der Waals surface area contributed by atoms with Crippen LogP contribution in [0, 0.1) is 0 Å². The second-order valence-corrected chi connectivity index (χ2v) is 5.73. The molecule has 1 saturated heterocycles. The smallest absolute Gasteiger partial charge is 0.289 e. The Morgan fingerprint density at radius 1 is 1.26 bits per heavy atom. The number of para-hydroxylation sites is 1. The molecule has 0 atom stereocenters. The van der Waals surface area contributed by atoms with Gasteiger partial charge in [-0.25, -0.2) is 0 Å². The molecule has 122 valence electrons. The van der Waals surface area contributed by atoms with E-state index in [4.69, 9.17) is 9.15 Å². The average molecular weight is 314 g/mol. The Morgan fingerprint density at radius 2 is 2.00 bits per heavy atom. The second-order valence-electron chi connectivity index (χ2n) is 5.73. The monoisotopic (exact) mass is 314 g/mol. The lowest BCUT2D eigenvalue weighted by Crippen LogP contribution is -2.44. The third-order valence-corrected chi connectivity index (χ3v) is 4.27. The third kappa shape index (κ3) is 3.74. The molecule has 1 aromatic carbocycles. The minimum Gasteiger partial charge on any atom is -0.489 e. The van der Waals surface area contributed by atoms with Crippen LogP contribution < -0.4 is 10.1 Å². The van der Waals surface area contributed by atoms with Crippen LogP contribution in [0.25, 0.3) is 0 Å². The number of nitrogens with zero attached hydrogens (tertiary/aromatic N) is 1. The van der Waals surface area contributed by atoms with E-state index in [1.807, 2.05) is 42.3 Å². The van der Waals surface area contributed by atoms with Crippen molar-refractivity contribution in [3.8, 4) is 5.75 Å². The zero-order chi connectivity index (χ0) is 16.1. The molecule has 2 heterocycles. The lowest BCUT2D eigenvalue weighted by atomic mass is 10.0. The number of benzene rings is 1. The van der Waals surface area contributed by atoms with E-state index in [0.29, 0.717) is 18.4 Å². The van der Waals surface area contributed by atoms with Crippen LogP contribution in [0.4, 0.5) is 0 Å². The molecule has 3 rings (SSSR count). The van der Waals surface area contributed by atoms with E-state index in [9.17, 15) is 4.79 Å². The van der Waals surface area contributed by atoms with Crippen molar-refractivity contribution in [2.45, 2.75) is 25.5 Å². The van der Waals surface area contributed by atoms with Crippen molar-refractivity contribution in [1.29, 1.82) is 0 Å². The fraction of sp³-hybridized carbons (Fsp3) is 0.389. The van der Waals surface area contributed by atoms with Crippen LogP contribution in [-0.2, 0) is 6.61 Å². The van der Waals surface area contributed by atoms with E-state index in [1.54, 1.807) is 12.3 Å². The first-order valence-corrected chi connectivity index (χ1v) is 7.98. The number of hydrogen-bond donors (Lipinski definition) is 1. The molecule has 0 aliphatic carbocycles. The fourth-order valence-corrected chi connectivity index (χ4v) is 2.83. The summed E-state index contributed by atoms with van der Waals surface area (Å²) >= 11 is 0. The van der Waals surface area contributed by atoms with Crippen molar-refractivity contribution in [2.24, 2.45) is 0 Å². The summed E-state index contributed by atoms with van der Waals surface area (Å²) in [5.41, 5.74) is 0.787. The number of furan rings is 1. The average Bonchev–Trinajstić information content (AvgIpc) is 3.09. The summed E-state index contributed by atoms with van der Waals surface area (Å²) in [6.45, 7) is 1.84. The third-order valence-electron chi connectivity index (χ3n) is 4.27. The van der Waals surface area contributed by atoms with E-state index < -0.39 is 0 Å².